The van der Waals surface area contributed by atoms with Gasteiger partial charge in [-0.25, -0.2) is 9.37 Å². The molecule has 0 spiro atoms. The molecule has 0 aliphatic carbocycles. The van der Waals surface area contributed by atoms with Crippen LogP contribution in [-0.2, 0) is 21.0 Å². The number of nitrogens with one attached hydrogen (secondary N) is 1. The van der Waals surface area contributed by atoms with Crippen molar-refractivity contribution in [2.75, 3.05) is 63.1 Å². The summed E-state index contributed by atoms with van der Waals surface area (Å²) in [5, 5.41) is 4.04. The highest BCUT2D eigenvalue weighted by molar-refractivity contribution is 7.97. The second-order valence-corrected chi connectivity index (χ2v) is 12.9. The van der Waals surface area contributed by atoms with Crippen molar-refractivity contribution in [2.24, 2.45) is 0 Å². The van der Waals surface area contributed by atoms with Crippen molar-refractivity contribution in [3.05, 3.63) is 72.1 Å². The third-order valence-electron chi connectivity index (χ3n) is 7.59. The number of hydrogen-bond donors (Lipinski definition) is 2. The Balaban J connectivity index is 1.19. The predicted molar refractivity (Wildman–Crippen MR) is 155 cm³/mol. The van der Waals surface area contributed by atoms with Gasteiger partial charge in [0.15, 0.2) is 11.5 Å². The number of fused-ring (bicyclic) bond motifs is 1. The zero-order chi connectivity index (χ0) is 28.6. The van der Waals surface area contributed by atoms with Crippen LogP contribution in [0.3, 0.4) is 0 Å². The number of rotatable bonds is 6. The molecule has 214 valence electrons. The number of carbonyl (C=O) groups is 1. The smallest absolute Gasteiger partial charge is 0.257 e. The molecule has 4 aromatic rings. The van der Waals surface area contributed by atoms with E-state index in [1.54, 1.807) is 29.2 Å². The molecule has 3 aromatic heterocycles. The Morgan fingerprint density at radius 2 is 1.83 bits per heavy atom. The molecule has 2 aliphatic heterocycles. The molecule has 0 unspecified atom stereocenters. The fourth-order valence-electron chi connectivity index (χ4n) is 5.11. The first-order valence-electron chi connectivity index (χ1n) is 13.5. The van der Waals surface area contributed by atoms with Gasteiger partial charge in [-0.2, -0.15) is 9.54 Å². The van der Waals surface area contributed by atoms with Gasteiger partial charge in [0.25, 0.3) is 5.91 Å². The molecule has 41 heavy (non-hydrogen) atoms. The minimum absolute atomic E-state index is 0.000932. The number of carbonyl (C=O) groups excluding carboxylic acids is 1. The normalized spacial score (nSPS) is 18.1. The molecular formula is C28H32FN8O3S+. The largest absolute Gasteiger partial charge is 0.329 e. The average molecular weight is 580 g/mol. The van der Waals surface area contributed by atoms with Crippen molar-refractivity contribution < 1.29 is 17.9 Å². The van der Waals surface area contributed by atoms with Gasteiger partial charge in [0.1, 0.15) is 11.5 Å². The van der Waals surface area contributed by atoms with Crippen LogP contribution in [0.25, 0.3) is 16.7 Å². The van der Waals surface area contributed by atoms with E-state index in [1.807, 2.05) is 18.2 Å². The second-order valence-electron chi connectivity index (χ2n) is 10.5. The van der Waals surface area contributed by atoms with E-state index in [9.17, 15) is 13.6 Å². The SMILES string of the molecule is CN1CCN(Cc2cc(Nc3ncc4ccn(-c5ccc(C(=O)N6CC[S+](=O)(O)CC6)c(F)c5)c4n3)ccn2)CC1. The molecular weight excluding hydrogens is 547 g/mol. The van der Waals surface area contributed by atoms with E-state index >= 15 is 4.39 Å². The zero-order valence-electron chi connectivity index (χ0n) is 22.7. The highest BCUT2D eigenvalue weighted by atomic mass is 32.3. The van der Waals surface area contributed by atoms with Crippen molar-refractivity contribution in [3.63, 3.8) is 0 Å². The van der Waals surface area contributed by atoms with Gasteiger partial charge >= 0.3 is 0 Å². The highest BCUT2D eigenvalue weighted by Crippen LogP contribution is 2.24. The first kappa shape index (κ1) is 27.4. The number of benzene rings is 1. The van der Waals surface area contributed by atoms with E-state index in [1.165, 1.54) is 17.0 Å². The Kier molecular flexibility index (Phi) is 7.51. The number of aromatic nitrogens is 4. The molecule has 0 atom stereocenters. The lowest BCUT2D eigenvalue weighted by Gasteiger charge is -2.32. The van der Waals surface area contributed by atoms with Gasteiger partial charge in [-0.05, 0) is 43.4 Å². The van der Waals surface area contributed by atoms with Gasteiger partial charge in [-0.15, -0.1) is 0 Å². The van der Waals surface area contributed by atoms with Gasteiger partial charge in [-0.3, -0.25) is 14.7 Å². The van der Waals surface area contributed by atoms with E-state index in [2.05, 4.69) is 32.1 Å². The Labute approximate surface area is 238 Å². The molecule has 0 saturated carbocycles. The number of nitrogens with zero attached hydrogens (tertiary/aromatic N) is 7. The minimum atomic E-state index is -2.90. The summed E-state index contributed by atoms with van der Waals surface area (Å²) in [6.07, 6.45) is 5.26. The molecule has 1 aromatic carbocycles. The summed E-state index contributed by atoms with van der Waals surface area (Å²) in [5.74, 6) is -0.754. The van der Waals surface area contributed by atoms with Crippen molar-refractivity contribution in [2.45, 2.75) is 6.54 Å². The summed E-state index contributed by atoms with van der Waals surface area (Å²) < 4.78 is 38.4. The molecule has 1 amide bonds. The monoisotopic (exact) mass is 579 g/mol. The van der Waals surface area contributed by atoms with Crippen LogP contribution in [0.1, 0.15) is 16.1 Å². The van der Waals surface area contributed by atoms with Crippen LogP contribution in [0.2, 0.25) is 0 Å². The molecule has 11 nitrogen and oxygen atoms in total. The maximum Gasteiger partial charge on any atom is 0.257 e. The van der Waals surface area contributed by atoms with Crippen LogP contribution in [0, 0.1) is 5.82 Å². The quantitative estimate of drug-likeness (QED) is 0.332. The molecule has 6 rings (SSSR count). The Morgan fingerprint density at radius 1 is 1.05 bits per heavy atom. The molecule has 2 aliphatic rings. The Hall–Kier alpha value is -3.78. The summed E-state index contributed by atoms with van der Waals surface area (Å²) >= 11 is 0. The highest BCUT2D eigenvalue weighted by Gasteiger charge is 2.35. The lowest BCUT2D eigenvalue weighted by Crippen LogP contribution is -2.46. The van der Waals surface area contributed by atoms with E-state index in [-0.39, 0.29) is 30.2 Å². The van der Waals surface area contributed by atoms with Gasteiger partial charge in [0, 0.05) is 68.1 Å². The number of pyridine rings is 1. The van der Waals surface area contributed by atoms with Gasteiger partial charge in [0.05, 0.1) is 24.3 Å². The Morgan fingerprint density at radius 3 is 2.59 bits per heavy atom. The fraction of sp³-hybridized carbons (Fsp3) is 0.357. The van der Waals surface area contributed by atoms with Crippen LogP contribution in [0.4, 0.5) is 16.0 Å². The van der Waals surface area contributed by atoms with Crippen molar-refractivity contribution in [1.82, 2.24) is 34.2 Å². The molecule has 13 heteroatoms. The van der Waals surface area contributed by atoms with Crippen LogP contribution in [0.15, 0.2) is 55.0 Å². The number of hydrogen-bond acceptors (Lipinski definition) is 8. The number of likely N-dealkylation sites (N-methyl/N-ethyl adjacent to an activating group) is 1. The van der Waals surface area contributed by atoms with E-state index < -0.39 is 21.9 Å². The average Bonchev–Trinajstić information content (AvgIpc) is 3.37. The third-order valence-corrected chi connectivity index (χ3v) is 9.23. The summed E-state index contributed by atoms with van der Waals surface area (Å²) in [4.78, 5) is 32.7. The first-order valence-corrected chi connectivity index (χ1v) is 15.4. The maximum atomic E-state index is 15.2. The fourth-order valence-corrected chi connectivity index (χ4v) is 6.33. The Bertz CT molecular complexity index is 1630. The van der Waals surface area contributed by atoms with Crippen LogP contribution in [0.5, 0.6) is 0 Å². The molecule has 5 heterocycles. The molecule has 2 fully saturated rings. The lowest BCUT2D eigenvalue weighted by atomic mass is 10.1. The van der Waals surface area contributed by atoms with Crippen molar-refractivity contribution in [1.29, 1.82) is 0 Å². The zero-order valence-corrected chi connectivity index (χ0v) is 23.6. The first-order chi connectivity index (χ1) is 19.7. The van der Waals surface area contributed by atoms with Gasteiger partial charge in [-0.1, -0.05) is 4.21 Å². The summed E-state index contributed by atoms with van der Waals surface area (Å²) in [6, 6.07) is 10.1. The molecule has 2 saturated heterocycles. The number of halogens is 1. The standard InChI is InChI=1S/C28H31FN8O3S/c1-34-8-10-35(11-9-34)19-22-16-21(4-6-30-22)32-28-31-18-20-5-7-37(26(20)33-28)23-2-3-24(25(29)17-23)27(38)36-12-14-41(39,40)15-13-36/h2-7,16-18H,8-15,19H2,1H3,(H-,30,31,32,33,39,40)/p+1. The van der Waals surface area contributed by atoms with Crippen molar-refractivity contribution in [3.8, 4) is 5.69 Å². The summed E-state index contributed by atoms with van der Waals surface area (Å²) in [6.45, 7) is 5.12. The number of amides is 1. The van der Waals surface area contributed by atoms with Crippen molar-refractivity contribution >= 4 is 38.8 Å². The van der Waals surface area contributed by atoms with Crippen LogP contribution < -0.4 is 5.32 Å². The maximum absolute atomic E-state index is 15.2. The summed E-state index contributed by atoms with van der Waals surface area (Å²) in [7, 11) is -0.762. The van der Waals surface area contributed by atoms with E-state index in [0.717, 1.165) is 49.5 Å². The van der Waals surface area contributed by atoms with Gasteiger partial charge in [0.2, 0.25) is 16.2 Å². The summed E-state index contributed by atoms with van der Waals surface area (Å²) in [5.41, 5.74) is 2.81. The van der Waals surface area contributed by atoms with E-state index in [4.69, 9.17) is 4.98 Å². The van der Waals surface area contributed by atoms with Crippen LogP contribution >= 0.6 is 0 Å². The van der Waals surface area contributed by atoms with Gasteiger partial charge < -0.3 is 19.7 Å². The molecule has 2 N–H and O–H groups in total. The predicted octanol–water partition coefficient (Wildman–Crippen LogP) is 2.87. The minimum Gasteiger partial charge on any atom is -0.329 e. The number of piperazine rings is 1. The topological polar surface area (TPSA) is 120 Å². The lowest BCUT2D eigenvalue weighted by molar-refractivity contribution is 0.0764. The van der Waals surface area contributed by atoms with E-state index in [0.29, 0.717) is 17.3 Å². The second kappa shape index (κ2) is 11.2. The van der Waals surface area contributed by atoms with Crippen LogP contribution in [-0.4, -0.2) is 103 Å². The third kappa shape index (κ3) is 6.12. The number of anilines is 2. The molecule has 0 radical (unpaired) electrons. The molecule has 0 bridgehead atoms.